The number of rotatable bonds is 4. The average Bonchev–Trinajstić information content (AvgIpc) is 2.83. The van der Waals surface area contributed by atoms with Crippen LogP contribution in [0.1, 0.15) is 5.56 Å². The Morgan fingerprint density at radius 1 is 1.44 bits per heavy atom. The number of hydrogen-bond donors (Lipinski definition) is 2. The van der Waals surface area contributed by atoms with Crippen LogP contribution in [-0.4, -0.2) is 33.9 Å². The Balaban J connectivity index is 2.05. The van der Waals surface area contributed by atoms with Gasteiger partial charge in [-0.15, -0.1) is 5.10 Å². The number of nitrogens with one attached hydrogen (secondary N) is 2. The fourth-order valence-electron chi connectivity index (χ4n) is 1.14. The number of hydrazone groups is 1. The van der Waals surface area contributed by atoms with Crippen LogP contribution in [0.5, 0.6) is 5.75 Å². The van der Waals surface area contributed by atoms with E-state index in [1.165, 1.54) is 0 Å². The molecule has 0 aliphatic rings. The summed E-state index contributed by atoms with van der Waals surface area (Å²) >= 11 is 0. The Kier molecular flexibility index (Phi) is 3.07. The van der Waals surface area contributed by atoms with Crippen molar-refractivity contribution in [3.05, 3.63) is 29.8 Å². The molecular formula is C9H10N6O. The second kappa shape index (κ2) is 4.87. The molecule has 0 aliphatic heterocycles. The van der Waals surface area contributed by atoms with E-state index in [0.29, 0.717) is 5.95 Å². The second-order valence-electron chi connectivity index (χ2n) is 2.85. The van der Waals surface area contributed by atoms with Crippen LogP contribution in [0.4, 0.5) is 5.95 Å². The molecule has 2 N–H and O–H groups in total. The van der Waals surface area contributed by atoms with Gasteiger partial charge >= 0.3 is 0 Å². The first-order valence-corrected chi connectivity index (χ1v) is 4.55. The Bertz CT molecular complexity index is 467. The maximum absolute atomic E-state index is 5.16. The maximum Gasteiger partial charge on any atom is 0.283 e. The van der Waals surface area contributed by atoms with E-state index >= 15 is 0 Å². The zero-order valence-electron chi connectivity index (χ0n) is 8.58. The Labute approximate surface area is 91.5 Å². The monoisotopic (exact) mass is 218 g/mol. The summed E-state index contributed by atoms with van der Waals surface area (Å²) in [4.78, 5) is 0. The minimum Gasteiger partial charge on any atom is -0.496 e. The van der Waals surface area contributed by atoms with Gasteiger partial charge in [0.15, 0.2) is 0 Å². The lowest BCUT2D eigenvalue weighted by Crippen LogP contribution is -1.94. The molecule has 82 valence electrons. The molecule has 7 heteroatoms. The van der Waals surface area contributed by atoms with Crippen molar-refractivity contribution in [2.24, 2.45) is 5.10 Å². The van der Waals surface area contributed by atoms with Crippen LogP contribution >= 0.6 is 0 Å². The predicted octanol–water partition coefficient (Wildman–Crippen LogP) is 0.654. The number of anilines is 1. The molecule has 0 spiro atoms. The maximum atomic E-state index is 5.16. The van der Waals surface area contributed by atoms with Crippen LogP contribution in [0.25, 0.3) is 0 Å². The van der Waals surface area contributed by atoms with Crippen molar-refractivity contribution in [2.45, 2.75) is 0 Å². The number of ether oxygens (including phenoxy) is 1. The number of methoxy groups -OCH3 is 1. The highest BCUT2D eigenvalue weighted by atomic mass is 16.5. The van der Waals surface area contributed by atoms with Gasteiger partial charge in [0, 0.05) is 5.56 Å². The molecule has 0 aliphatic carbocycles. The molecule has 0 atom stereocenters. The smallest absolute Gasteiger partial charge is 0.283 e. The third-order valence-electron chi connectivity index (χ3n) is 1.85. The summed E-state index contributed by atoms with van der Waals surface area (Å²) in [6.07, 6.45) is 1.62. The molecule has 1 heterocycles. The van der Waals surface area contributed by atoms with Crippen LogP contribution in [0, 0.1) is 0 Å². The van der Waals surface area contributed by atoms with Gasteiger partial charge in [-0.2, -0.15) is 10.3 Å². The average molecular weight is 218 g/mol. The molecule has 0 saturated carbocycles. The molecule has 1 aromatic heterocycles. The molecule has 16 heavy (non-hydrogen) atoms. The largest absolute Gasteiger partial charge is 0.496 e. The van der Waals surface area contributed by atoms with E-state index in [1.54, 1.807) is 13.3 Å². The topological polar surface area (TPSA) is 88.1 Å². The molecule has 2 aromatic rings. The van der Waals surface area contributed by atoms with Crippen LogP contribution < -0.4 is 10.2 Å². The van der Waals surface area contributed by atoms with Crippen LogP contribution in [0.15, 0.2) is 29.4 Å². The number of para-hydroxylation sites is 1. The molecule has 0 unspecified atom stereocenters. The SMILES string of the molecule is COc1ccccc1C=NNc1nn[nH]n1. The second-order valence-corrected chi connectivity index (χ2v) is 2.85. The summed E-state index contributed by atoms with van der Waals surface area (Å²) in [6.45, 7) is 0. The molecule has 0 radical (unpaired) electrons. The third kappa shape index (κ3) is 2.32. The minimum absolute atomic E-state index is 0.311. The molecule has 0 bridgehead atoms. The first kappa shape index (κ1) is 10.1. The fraction of sp³-hybridized carbons (Fsp3) is 0.111. The highest BCUT2D eigenvalue weighted by molar-refractivity contribution is 5.83. The van der Waals surface area contributed by atoms with Crippen molar-refractivity contribution < 1.29 is 4.74 Å². The lowest BCUT2D eigenvalue weighted by Gasteiger charge is -2.02. The minimum atomic E-state index is 0.311. The van der Waals surface area contributed by atoms with E-state index in [0.717, 1.165) is 11.3 Å². The zero-order chi connectivity index (χ0) is 11.2. The molecule has 0 fully saturated rings. The summed E-state index contributed by atoms with van der Waals surface area (Å²) in [5.41, 5.74) is 3.48. The lowest BCUT2D eigenvalue weighted by atomic mass is 10.2. The van der Waals surface area contributed by atoms with Gasteiger partial charge in [-0.05, 0) is 17.3 Å². The van der Waals surface area contributed by atoms with Gasteiger partial charge in [0.25, 0.3) is 5.95 Å². The van der Waals surface area contributed by atoms with Gasteiger partial charge in [-0.1, -0.05) is 17.2 Å². The Morgan fingerprint density at radius 2 is 2.31 bits per heavy atom. The number of aromatic amines is 1. The highest BCUT2D eigenvalue weighted by Gasteiger charge is 1.97. The molecule has 0 amide bonds. The highest BCUT2D eigenvalue weighted by Crippen LogP contribution is 2.14. The Hall–Kier alpha value is -2.44. The summed E-state index contributed by atoms with van der Waals surface area (Å²) in [6, 6.07) is 7.54. The van der Waals surface area contributed by atoms with Crippen molar-refractivity contribution in [3.63, 3.8) is 0 Å². The first-order valence-electron chi connectivity index (χ1n) is 4.55. The fourth-order valence-corrected chi connectivity index (χ4v) is 1.14. The molecule has 1 aromatic carbocycles. The first-order chi connectivity index (χ1) is 7.90. The molecule has 7 nitrogen and oxygen atoms in total. The van der Waals surface area contributed by atoms with Crippen molar-refractivity contribution in [3.8, 4) is 5.75 Å². The van der Waals surface area contributed by atoms with E-state index < -0.39 is 0 Å². The quantitative estimate of drug-likeness (QED) is 0.581. The summed E-state index contributed by atoms with van der Waals surface area (Å²) in [5, 5.41) is 17.0. The number of H-pyrrole nitrogens is 1. The molecule has 2 rings (SSSR count). The lowest BCUT2D eigenvalue weighted by molar-refractivity contribution is 0.414. The van der Waals surface area contributed by atoms with Crippen molar-refractivity contribution in [1.29, 1.82) is 0 Å². The van der Waals surface area contributed by atoms with Gasteiger partial charge in [-0.25, -0.2) is 5.43 Å². The molecule has 0 saturated heterocycles. The standard InChI is InChI=1S/C9H10N6O/c1-16-8-5-3-2-4-7(8)6-10-11-9-12-14-15-13-9/h2-6H,1H3,(H2,11,12,13,14,15). The van der Waals surface area contributed by atoms with E-state index in [4.69, 9.17) is 4.74 Å². The van der Waals surface area contributed by atoms with Crippen LogP contribution in [0.3, 0.4) is 0 Å². The van der Waals surface area contributed by atoms with Crippen molar-refractivity contribution in [2.75, 3.05) is 12.5 Å². The number of aromatic nitrogens is 4. The van der Waals surface area contributed by atoms with Crippen molar-refractivity contribution >= 4 is 12.2 Å². The number of benzene rings is 1. The predicted molar refractivity (Wildman–Crippen MR) is 58.4 cm³/mol. The van der Waals surface area contributed by atoms with Crippen molar-refractivity contribution in [1.82, 2.24) is 20.6 Å². The van der Waals surface area contributed by atoms with E-state index in [2.05, 4.69) is 31.2 Å². The number of tetrazole rings is 1. The number of hydrogen-bond acceptors (Lipinski definition) is 6. The summed E-state index contributed by atoms with van der Waals surface area (Å²) in [5.74, 6) is 1.06. The zero-order valence-corrected chi connectivity index (χ0v) is 8.58. The summed E-state index contributed by atoms with van der Waals surface area (Å²) < 4.78 is 5.16. The van der Waals surface area contributed by atoms with Gasteiger partial charge in [-0.3, -0.25) is 0 Å². The third-order valence-corrected chi connectivity index (χ3v) is 1.85. The van der Waals surface area contributed by atoms with Crippen LogP contribution in [-0.2, 0) is 0 Å². The van der Waals surface area contributed by atoms with E-state index in [9.17, 15) is 0 Å². The van der Waals surface area contributed by atoms with Gasteiger partial charge in [0.05, 0.1) is 13.3 Å². The number of nitrogens with zero attached hydrogens (tertiary/aromatic N) is 4. The van der Waals surface area contributed by atoms with Gasteiger partial charge < -0.3 is 4.74 Å². The summed E-state index contributed by atoms with van der Waals surface area (Å²) in [7, 11) is 1.61. The normalized spacial score (nSPS) is 10.6. The van der Waals surface area contributed by atoms with E-state index in [1.807, 2.05) is 24.3 Å². The van der Waals surface area contributed by atoms with Gasteiger partial charge in [0.2, 0.25) is 0 Å². The molecular weight excluding hydrogens is 208 g/mol. The van der Waals surface area contributed by atoms with Gasteiger partial charge in [0.1, 0.15) is 5.75 Å². The van der Waals surface area contributed by atoms with E-state index in [-0.39, 0.29) is 0 Å². The van der Waals surface area contributed by atoms with Crippen LogP contribution in [0.2, 0.25) is 0 Å². The Morgan fingerprint density at radius 3 is 3.06 bits per heavy atom.